The van der Waals surface area contributed by atoms with E-state index < -0.39 is 0 Å². The van der Waals surface area contributed by atoms with Gasteiger partial charge in [0.15, 0.2) is 0 Å². The normalized spacial score (nSPS) is 12.1. The van der Waals surface area contributed by atoms with Gasteiger partial charge in [-0.15, -0.1) is 11.3 Å². The summed E-state index contributed by atoms with van der Waals surface area (Å²) >= 11 is 1.49. The van der Waals surface area contributed by atoms with Crippen molar-refractivity contribution in [2.75, 3.05) is 0 Å². The Balaban J connectivity index is 2.76. The van der Waals surface area contributed by atoms with E-state index in [9.17, 15) is 0 Å². The molecule has 1 heterocycles. The molecule has 0 bridgehead atoms. The molecule has 1 unspecified atom stereocenters. The lowest BCUT2D eigenvalue weighted by Gasteiger charge is -1.94. The molecular weight excluding hydrogens is 148 g/mol. The molecule has 0 amide bonds. The highest BCUT2D eigenvalue weighted by Crippen LogP contribution is 2.18. The molecule has 1 aromatic heterocycles. The van der Waals surface area contributed by atoms with E-state index in [4.69, 9.17) is 5.53 Å². The minimum absolute atomic E-state index is 0.134. The molecule has 0 fully saturated rings. The van der Waals surface area contributed by atoms with E-state index in [1.165, 1.54) is 11.3 Å². The Morgan fingerprint density at radius 1 is 1.90 bits per heavy atom. The Bertz CT molecular complexity index is 236. The van der Waals surface area contributed by atoms with E-state index in [0.717, 1.165) is 5.01 Å². The van der Waals surface area contributed by atoms with Gasteiger partial charge in [0.05, 0.1) is 6.04 Å². The molecule has 1 rings (SSSR count). The summed E-state index contributed by atoms with van der Waals surface area (Å²) in [4.78, 5) is 6.67. The largest absolute Gasteiger partial charge is 0.249 e. The molecule has 1 atom stereocenters. The highest BCUT2D eigenvalue weighted by Gasteiger charge is 2.03. The Kier molecular flexibility index (Phi) is 2.25. The van der Waals surface area contributed by atoms with Gasteiger partial charge < -0.3 is 0 Å². The van der Waals surface area contributed by atoms with Crippen LogP contribution in [0.3, 0.4) is 0 Å². The molecule has 0 aliphatic carbocycles. The van der Waals surface area contributed by atoms with E-state index in [1.807, 2.05) is 12.3 Å². The Morgan fingerprint density at radius 2 is 2.70 bits per heavy atom. The maximum atomic E-state index is 8.07. The number of azide groups is 1. The first-order valence-electron chi connectivity index (χ1n) is 2.78. The van der Waals surface area contributed by atoms with E-state index in [2.05, 4.69) is 15.0 Å². The molecular formula is C5H6N4S. The van der Waals surface area contributed by atoms with Crippen molar-refractivity contribution >= 4 is 11.3 Å². The second-order valence-electron chi connectivity index (χ2n) is 1.75. The molecule has 0 N–H and O–H groups in total. The number of hydrogen-bond donors (Lipinski definition) is 0. The number of thiazole rings is 1. The van der Waals surface area contributed by atoms with E-state index >= 15 is 0 Å². The smallest absolute Gasteiger partial charge is 0.101 e. The number of rotatable bonds is 2. The summed E-state index contributed by atoms with van der Waals surface area (Å²) in [6, 6.07) is -0.134. The predicted molar refractivity (Wildman–Crippen MR) is 39.7 cm³/mol. The third-order valence-corrected chi connectivity index (χ3v) is 1.98. The van der Waals surface area contributed by atoms with Gasteiger partial charge in [0.25, 0.3) is 0 Å². The topological polar surface area (TPSA) is 61.7 Å². The van der Waals surface area contributed by atoms with Crippen LogP contribution in [-0.2, 0) is 0 Å². The summed E-state index contributed by atoms with van der Waals surface area (Å²) in [7, 11) is 0. The third-order valence-electron chi connectivity index (χ3n) is 1.03. The molecule has 0 radical (unpaired) electrons. The first-order valence-corrected chi connectivity index (χ1v) is 3.66. The van der Waals surface area contributed by atoms with E-state index in [1.54, 1.807) is 6.20 Å². The zero-order valence-corrected chi connectivity index (χ0v) is 6.25. The van der Waals surface area contributed by atoms with Crippen LogP contribution in [0.15, 0.2) is 16.7 Å². The van der Waals surface area contributed by atoms with Crippen molar-refractivity contribution in [2.24, 2.45) is 5.11 Å². The zero-order chi connectivity index (χ0) is 7.40. The SMILES string of the molecule is CC(N=[N+]=[N-])c1nccs1. The minimum atomic E-state index is -0.134. The quantitative estimate of drug-likeness (QED) is 0.366. The van der Waals surface area contributed by atoms with Gasteiger partial charge in [0.2, 0.25) is 0 Å². The van der Waals surface area contributed by atoms with Crippen molar-refractivity contribution in [2.45, 2.75) is 13.0 Å². The molecule has 0 aromatic carbocycles. The van der Waals surface area contributed by atoms with Crippen molar-refractivity contribution < 1.29 is 0 Å². The highest BCUT2D eigenvalue weighted by molar-refractivity contribution is 7.09. The van der Waals surface area contributed by atoms with Gasteiger partial charge in [-0.1, -0.05) is 12.0 Å². The monoisotopic (exact) mass is 154 g/mol. The van der Waals surface area contributed by atoms with Crippen LogP contribution in [0.25, 0.3) is 10.4 Å². The average Bonchev–Trinajstić information content (AvgIpc) is 2.38. The van der Waals surface area contributed by atoms with Gasteiger partial charge >= 0.3 is 0 Å². The second kappa shape index (κ2) is 3.20. The van der Waals surface area contributed by atoms with Crippen LogP contribution in [-0.4, -0.2) is 4.98 Å². The Labute approximate surface area is 62.2 Å². The zero-order valence-electron chi connectivity index (χ0n) is 5.43. The standard InChI is InChI=1S/C5H6N4S/c1-4(8-9-6)5-7-2-3-10-5/h2-4H,1H3. The van der Waals surface area contributed by atoms with Crippen LogP contribution in [0.2, 0.25) is 0 Å². The Morgan fingerprint density at radius 3 is 3.20 bits per heavy atom. The third kappa shape index (κ3) is 1.46. The summed E-state index contributed by atoms with van der Waals surface area (Å²) in [6.45, 7) is 1.82. The molecule has 4 nitrogen and oxygen atoms in total. The number of aromatic nitrogens is 1. The van der Waals surface area contributed by atoms with Crippen LogP contribution in [0.4, 0.5) is 0 Å². The summed E-state index contributed by atoms with van der Waals surface area (Å²) in [6.07, 6.45) is 1.70. The van der Waals surface area contributed by atoms with Crippen molar-refractivity contribution in [1.29, 1.82) is 0 Å². The van der Waals surface area contributed by atoms with Gasteiger partial charge in [-0.3, -0.25) is 0 Å². The summed E-state index contributed by atoms with van der Waals surface area (Å²) in [5.41, 5.74) is 8.07. The second-order valence-corrected chi connectivity index (χ2v) is 2.68. The molecule has 0 aliphatic heterocycles. The molecule has 5 heteroatoms. The molecule has 0 aliphatic rings. The Hall–Kier alpha value is -1.06. The van der Waals surface area contributed by atoms with Gasteiger partial charge in [-0.2, -0.15) is 0 Å². The average molecular weight is 154 g/mol. The van der Waals surface area contributed by atoms with Gasteiger partial charge in [0, 0.05) is 16.5 Å². The van der Waals surface area contributed by atoms with Crippen molar-refractivity contribution in [3.8, 4) is 0 Å². The first-order chi connectivity index (χ1) is 4.84. The van der Waals surface area contributed by atoms with Crippen LogP contribution >= 0.6 is 11.3 Å². The van der Waals surface area contributed by atoms with Gasteiger partial charge in [-0.25, -0.2) is 4.98 Å². The molecule has 0 saturated heterocycles. The fourth-order valence-corrected chi connectivity index (χ4v) is 1.19. The lowest BCUT2D eigenvalue weighted by molar-refractivity contribution is 0.797. The van der Waals surface area contributed by atoms with Crippen molar-refractivity contribution in [1.82, 2.24) is 4.98 Å². The molecule has 0 saturated carbocycles. The van der Waals surface area contributed by atoms with Crippen molar-refractivity contribution in [3.05, 3.63) is 27.0 Å². The highest BCUT2D eigenvalue weighted by atomic mass is 32.1. The molecule has 52 valence electrons. The van der Waals surface area contributed by atoms with Crippen LogP contribution in [0.5, 0.6) is 0 Å². The lowest BCUT2D eigenvalue weighted by atomic mass is 10.4. The summed E-state index contributed by atoms with van der Waals surface area (Å²) in [5, 5.41) is 6.21. The number of hydrogen-bond acceptors (Lipinski definition) is 3. The van der Waals surface area contributed by atoms with E-state index in [0.29, 0.717) is 0 Å². The van der Waals surface area contributed by atoms with Crippen molar-refractivity contribution in [3.63, 3.8) is 0 Å². The summed E-state index contributed by atoms with van der Waals surface area (Å²) < 4.78 is 0. The maximum Gasteiger partial charge on any atom is 0.101 e. The molecule has 1 aromatic rings. The predicted octanol–water partition coefficient (Wildman–Crippen LogP) is 2.51. The minimum Gasteiger partial charge on any atom is -0.249 e. The van der Waals surface area contributed by atoms with Crippen LogP contribution < -0.4 is 0 Å². The fraction of sp³-hybridized carbons (Fsp3) is 0.400. The van der Waals surface area contributed by atoms with Crippen LogP contribution in [0, 0.1) is 0 Å². The maximum absolute atomic E-state index is 8.07. The number of nitrogens with zero attached hydrogens (tertiary/aromatic N) is 4. The van der Waals surface area contributed by atoms with E-state index in [-0.39, 0.29) is 6.04 Å². The van der Waals surface area contributed by atoms with Gasteiger partial charge in [0.1, 0.15) is 5.01 Å². The fourth-order valence-electron chi connectivity index (χ4n) is 0.568. The molecule has 10 heavy (non-hydrogen) atoms. The van der Waals surface area contributed by atoms with Gasteiger partial charge in [-0.05, 0) is 5.53 Å². The first kappa shape index (κ1) is 7.05. The summed E-state index contributed by atoms with van der Waals surface area (Å²) in [5.74, 6) is 0. The molecule has 0 spiro atoms. The lowest BCUT2D eigenvalue weighted by Crippen LogP contribution is -1.84. The van der Waals surface area contributed by atoms with Crippen LogP contribution in [0.1, 0.15) is 18.0 Å².